The topological polar surface area (TPSA) is 91.8 Å². The van der Waals surface area contributed by atoms with Crippen LogP contribution in [0.25, 0.3) is 11.1 Å². The average Bonchev–Trinajstić information content (AvgIpc) is 3.07. The van der Waals surface area contributed by atoms with Gasteiger partial charge in [-0.1, -0.05) is 5.16 Å². The molecule has 1 atom stereocenters. The third kappa shape index (κ3) is 2.12. The van der Waals surface area contributed by atoms with Gasteiger partial charge in [-0.05, 0) is 25.2 Å². The third-order valence-corrected chi connectivity index (χ3v) is 4.55. The number of aryl methyl sites for hydroxylation is 1. The van der Waals surface area contributed by atoms with E-state index in [1.807, 2.05) is 0 Å². The summed E-state index contributed by atoms with van der Waals surface area (Å²) in [4.78, 5) is 16.3. The summed E-state index contributed by atoms with van der Waals surface area (Å²) in [5.41, 5.74) is 0.745. The van der Waals surface area contributed by atoms with E-state index in [-0.39, 0.29) is 5.91 Å². The Morgan fingerprint density at radius 2 is 2.50 bits per heavy atom. The van der Waals surface area contributed by atoms with Crippen molar-refractivity contribution in [1.82, 2.24) is 15.5 Å². The second kappa shape index (κ2) is 4.80. The third-order valence-electron chi connectivity index (χ3n) is 3.36. The van der Waals surface area contributed by atoms with Crippen LogP contribution in [0, 0.1) is 18.3 Å². The van der Waals surface area contributed by atoms with Crippen LogP contribution in [0.15, 0.2) is 16.8 Å². The van der Waals surface area contributed by atoms with Crippen molar-refractivity contribution >= 4 is 28.8 Å². The van der Waals surface area contributed by atoms with Crippen LogP contribution in [0.4, 0.5) is 0 Å². The van der Waals surface area contributed by atoms with Gasteiger partial charge in [-0.3, -0.25) is 4.79 Å². The van der Waals surface area contributed by atoms with Crippen LogP contribution in [-0.2, 0) is 0 Å². The van der Waals surface area contributed by atoms with Crippen LogP contribution >= 0.6 is 11.8 Å². The molecule has 3 rings (SSSR count). The maximum atomic E-state index is 12.3. The van der Waals surface area contributed by atoms with Crippen LogP contribution in [0.2, 0.25) is 0 Å². The number of nitrogens with one attached hydrogen (secondary N) is 1. The number of carbonyl (C=O) groups is 1. The number of hydrogen-bond acceptors (Lipinski definition) is 6. The van der Waals surface area contributed by atoms with E-state index < -0.39 is 5.54 Å². The van der Waals surface area contributed by atoms with E-state index >= 15 is 0 Å². The fourth-order valence-electron chi connectivity index (χ4n) is 2.14. The quantitative estimate of drug-likeness (QED) is 0.903. The molecule has 2 aromatic rings. The lowest BCUT2D eigenvalue weighted by atomic mass is 10.0. The van der Waals surface area contributed by atoms with E-state index in [1.165, 1.54) is 6.20 Å². The zero-order valence-electron chi connectivity index (χ0n) is 10.8. The minimum atomic E-state index is -0.763. The van der Waals surface area contributed by atoms with Crippen molar-refractivity contribution in [3.63, 3.8) is 0 Å². The molecule has 3 heterocycles. The number of amides is 1. The number of pyridine rings is 1. The van der Waals surface area contributed by atoms with E-state index in [0.717, 1.165) is 5.75 Å². The van der Waals surface area contributed by atoms with Gasteiger partial charge in [-0.2, -0.15) is 17.0 Å². The van der Waals surface area contributed by atoms with Gasteiger partial charge in [-0.15, -0.1) is 0 Å². The van der Waals surface area contributed by atoms with Gasteiger partial charge in [0.15, 0.2) is 0 Å². The van der Waals surface area contributed by atoms with Gasteiger partial charge >= 0.3 is 0 Å². The molecule has 1 amide bonds. The molecule has 0 aliphatic carbocycles. The van der Waals surface area contributed by atoms with E-state index in [0.29, 0.717) is 34.5 Å². The molecule has 1 aliphatic heterocycles. The second-order valence-electron chi connectivity index (χ2n) is 4.80. The molecule has 102 valence electrons. The standard InChI is InChI=1S/C13H12N4O2S/c1-8-10-4-9(5-15-12(10)19-17-8)11(18)16-13(6-14)2-3-20-7-13/h4-5H,2-3,7H2,1H3,(H,16,18). The first-order valence-corrected chi connectivity index (χ1v) is 7.33. The van der Waals surface area contributed by atoms with Gasteiger partial charge in [-0.25, -0.2) is 4.98 Å². The number of nitrogens with zero attached hydrogens (tertiary/aromatic N) is 3. The van der Waals surface area contributed by atoms with Gasteiger partial charge in [0.1, 0.15) is 5.54 Å². The van der Waals surface area contributed by atoms with Crippen molar-refractivity contribution in [2.24, 2.45) is 0 Å². The Bertz CT molecular complexity index is 713. The number of hydrogen-bond donors (Lipinski definition) is 1. The highest BCUT2D eigenvalue weighted by molar-refractivity contribution is 7.99. The van der Waals surface area contributed by atoms with Gasteiger partial charge in [0, 0.05) is 11.9 Å². The molecule has 6 nitrogen and oxygen atoms in total. The maximum absolute atomic E-state index is 12.3. The summed E-state index contributed by atoms with van der Waals surface area (Å²) < 4.78 is 5.01. The van der Waals surface area contributed by atoms with Crippen molar-refractivity contribution in [1.29, 1.82) is 5.26 Å². The summed E-state index contributed by atoms with van der Waals surface area (Å²) in [7, 11) is 0. The largest absolute Gasteiger partial charge is 0.336 e. The lowest BCUT2D eigenvalue weighted by molar-refractivity contribution is 0.0926. The summed E-state index contributed by atoms with van der Waals surface area (Å²) in [5.74, 6) is 1.22. The van der Waals surface area contributed by atoms with E-state index in [2.05, 4.69) is 21.5 Å². The van der Waals surface area contributed by atoms with Gasteiger partial charge < -0.3 is 9.84 Å². The summed E-state index contributed by atoms with van der Waals surface area (Å²) in [6.07, 6.45) is 2.11. The number of carbonyl (C=O) groups excluding carboxylic acids is 1. The molecular weight excluding hydrogens is 276 g/mol. The highest BCUT2D eigenvalue weighted by Crippen LogP contribution is 2.27. The first-order valence-electron chi connectivity index (χ1n) is 6.17. The molecule has 20 heavy (non-hydrogen) atoms. The fraction of sp³-hybridized carbons (Fsp3) is 0.385. The fourth-order valence-corrected chi connectivity index (χ4v) is 3.41. The Balaban J connectivity index is 1.89. The molecule has 0 saturated carbocycles. The first-order chi connectivity index (χ1) is 9.63. The first kappa shape index (κ1) is 12.9. The number of fused-ring (bicyclic) bond motifs is 1. The number of thioether (sulfide) groups is 1. The Hall–Kier alpha value is -2.07. The Morgan fingerprint density at radius 1 is 1.65 bits per heavy atom. The van der Waals surface area contributed by atoms with Crippen molar-refractivity contribution in [3.05, 3.63) is 23.5 Å². The molecule has 1 fully saturated rings. The van der Waals surface area contributed by atoms with Gasteiger partial charge in [0.25, 0.3) is 11.6 Å². The predicted octanol–water partition coefficient (Wildman–Crippen LogP) is 1.66. The average molecular weight is 288 g/mol. The van der Waals surface area contributed by atoms with Crippen molar-refractivity contribution in [3.8, 4) is 6.07 Å². The normalized spacial score (nSPS) is 21.8. The van der Waals surface area contributed by atoms with Gasteiger partial charge in [0.05, 0.1) is 22.7 Å². The summed E-state index contributed by atoms with van der Waals surface area (Å²) in [6.45, 7) is 1.79. The van der Waals surface area contributed by atoms with E-state index in [1.54, 1.807) is 24.8 Å². The lowest BCUT2D eigenvalue weighted by Gasteiger charge is -2.20. The summed E-state index contributed by atoms with van der Waals surface area (Å²) in [5, 5.41) is 16.6. The zero-order chi connectivity index (χ0) is 14.2. The molecule has 0 radical (unpaired) electrons. The minimum absolute atomic E-state index is 0.288. The van der Waals surface area contributed by atoms with Crippen LogP contribution in [0.1, 0.15) is 22.5 Å². The van der Waals surface area contributed by atoms with Crippen LogP contribution in [0.3, 0.4) is 0 Å². The maximum Gasteiger partial charge on any atom is 0.257 e. The van der Waals surface area contributed by atoms with Crippen LogP contribution in [0.5, 0.6) is 0 Å². The van der Waals surface area contributed by atoms with E-state index in [9.17, 15) is 10.1 Å². The summed E-state index contributed by atoms with van der Waals surface area (Å²) in [6, 6.07) is 3.91. The van der Waals surface area contributed by atoms with Gasteiger partial charge in [0.2, 0.25) is 0 Å². The van der Waals surface area contributed by atoms with Crippen molar-refractivity contribution in [2.45, 2.75) is 18.9 Å². The van der Waals surface area contributed by atoms with Crippen molar-refractivity contribution in [2.75, 3.05) is 11.5 Å². The Labute approximate surface area is 119 Å². The molecule has 1 saturated heterocycles. The number of rotatable bonds is 2. The molecule has 1 aliphatic rings. The minimum Gasteiger partial charge on any atom is -0.336 e. The SMILES string of the molecule is Cc1noc2ncc(C(=O)NC3(C#N)CCSC3)cc12. The smallest absolute Gasteiger partial charge is 0.257 e. The highest BCUT2D eigenvalue weighted by Gasteiger charge is 2.36. The molecule has 2 aromatic heterocycles. The molecule has 0 aromatic carbocycles. The predicted molar refractivity (Wildman–Crippen MR) is 74.3 cm³/mol. The number of nitriles is 1. The number of aromatic nitrogens is 2. The lowest BCUT2D eigenvalue weighted by Crippen LogP contribution is -2.47. The molecule has 0 spiro atoms. The second-order valence-corrected chi connectivity index (χ2v) is 5.90. The molecule has 7 heteroatoms. The van der Waals surface area contributed by atoms with E-state index in [4.69, 9.17) is 4.52 Å². The van der Waals surface area contributed by atoms with Crippen molar-refractivity contribution < 1.29 is 9.32 Å². The van der Waals surface area contributed by atoms with Crippen LogP contribution < -0.4 is 5.32 Å². The molecule has 1 N–H and O–H groups in total. The highest BCUT2D eigenvalue weighted by atomic mass is 32.2. The Morgan fingerprint density at radius 3 is 3.20 bits per heavy atom. The van der Waals surface area contributed by atoms with Crippen LogP contribution in [-0.4, -0.2) is 33.1 Å². The zero-order valence-corrected chi connectivity index (χ0v) is 11.7. The molecular formula is C13H12N4O2S. The monoisotopic (exact) mass is 288 g/mol. The molecule has 0 bridgehead atoms. The Kier molecular flexibility index (Phi) is 3.10. The molecule has 1 unspecified atom stereocenters. The summed E-state index contributed by atoms with van der Waals surface area (Å²) >= 11 is 1.67.